The van der Waals surface area contributed by atoms with Gasteiger partial charge in [-0.15, -0.1) is 0 Å². The quantitative estimate of drug-likeness (QED) is 0.176. The summed E-state index contributed by atoms with van der Waals surface area (Å²) in [7, 11) is 0. The van der Waals surface area contributed by atoms with Crippen molar-refractivity contribution in [2.24, 2.45) is 11.8 Å². The highest BCUT2D eigenvalue weighted by Crippen LogP contribution is 2.19. The molecule has 26 heavy (non-hydrogen) atoms. The summed E-state index contributed by atoms with van der Waals surface area (Å²) in [5, 5.41) is 8.55. The van der Waals surface area contributed by atoms with E-state index in [2.05, 4.69) is 69.4 Å². The third-order valence-electron chi connectivity index (χ3n) is 4.74. The molecule has 0 heterocycles. The van der Waals surface area contributed by atoms with Crippen molar-refractivity contribution in [3.05, 3.63) is 48.6 Å². The number of allylic oxidation sites excluding steroid dienone is 8. The lowest BCUT2D eigenvalue weighted by molar-refractivity contribution is -0.137. The largest absolute Gasteiger partial charge is 0.481 e. The van der Waals surface area contributed by atoms with Gasteiger partial charge in [0.2, 0.25) is 0 Å². The smallest absolute Gasteiger partial charge is 0.303 e. The van der Waals surface area contributed by atoms with Crippen molar-refractivity contribution in [1.29, 1.82) is 0 Å². The van der Waals surface area contributed by atoms with Crippen LogP contribution in [0.4, 0.5) is 0 Å². The molecule has 0 fully saturated rings. The van der Waals surface area contributed by atoms with Crippen LogP contribution < -0.4 is 0 Å². The first-order valence-electron chi connectivity index (χ1n) is 10.4. The molecule has 2 atom stereocenters. The molecule has 0 bridgehead atoms. The highest BCUT2D eigenvalue weighted by molar-refractivity contribution is 5.66. The summed E-state index contributed by atoms with van der Waals surface area (Å²) in [6.45, 7) is 6.92. The van der Waals surface area contributed by atoms with Crippen LogP contribution in [0.1, 0.15) is 85.0 Å². The first-order valence-corrected chi connectivity index (χ1v) is 10.4. The van der Waals surface area contributed by atoms with Gasteiger partial charge < -0.3 is 5.11 Å². The van der Waals surface area contributed by atoms with Crippen LogP contribution in [0.15, 0.2) is 48.6 Å². The van der Waals surface area contributed by atoms with Crippen molar-refractivity contribution in [2.75, 3.05) is 0 Å². The predicted molar refractivity (Wildman–Crippen MR) is 114 cm³/mol. The van der Waals surface area contributed by atoms with Gasteiger partial charge in [0.15, 0.2) is 0 Å². The molecule has 148 valence electrons. The minimum atomic E-state index is -0.690. The summed E-state index contributed by atoms with van der Waals surface area (Å²) in [6.07, 6.45) is 27.8. The Hall–Kier alpha value is -1.57. The molecule has 1 N–H and O–H groups in total. The van der Waals surface area contributed by atoms with Crippen LogP contribution in [-0.4, -0.2) is 11.1 Å². The van der Waals surface area contributed by atoms with E-state index in [0.717, 1.165) is 38.0 Å². The molecule has 2 unspecified atom stereocenters. The molecule has 0 saturated heterocycles. The lowest BCUT2D eigenvalue weighted by Gasteiger charge is -2.15. The molecule has 0 aromatic heterocycles. The number of rotatable bonds is 16. The van der Waals surface area contributed by atoms with Gasteiger partial charge in [0, 0.05) is 6.42 Å². The molecule has 0 aliphatic rings. The van der Waals surface area contributed by atoms with E-state index in [1.165, 1.54) is 25.7 Å². The van der Waals surface area contributed by atoms with Crippen molar-refractivity contribution in [2.45, 2.75) is 85.0 Å². The molecule has 0 aliphatic carbocycles. The zero-order chi connectivity index (χ0) is 19.5. The minimum Gasteiger partial charge on any atom is -0.481 e. The van der Waals surface area contributed by atoms with Crippen LogP contribution in [0.25, 0.3) is 0 Å². The van der Waals surface area contributed by atoms with E-state index >= 15 is 0 Å². The Morgan fingerprint density at radius 1 is 0.885 bits per heavy atom. The summed E-state index contributed by atoms with van der Waals surface area (Å²) in [6, 6.07) is 0. The number of carboxylic acids is 1. The van der Waals surface area contributed by atoms with Gasteiger partial charge in [-0.2, -0.15) is 0 Å². The standard InChI is InChI=1S/C24H40O2/c1-4-5-16-19-22(2)23(3)20-17-14-12-10-8-6-7-9-11-13-15-18-21-24(25)26/h7-10,12,14,17,20,22-23H,4-6,11,13,15-16,18-19,21H2,1-3H3,(H,25,26)/b9-7-,10-8-,14-12-,20-17+. The van der Waals surface area contributed by atoms with Gasteiger partial charge in [-0.1, -0.05) is 101 Å². The van der Waals surface area contributed by atoms with Crippen molar-refractivity contribution in [3.63, 3.8) is 0 Å². The Morgan fingerprint density at radius 3 is 2.38 bits per heavy atom. The molecule has 0 rings (SSSR count). The predicted octanol–water partition coefficient (Wildman–Crippen LogP) is 7.49. The second-order valence-corrected chi connectivity index (χ2v) is 7.23. The SMILES string of the molecule is CCCCCC(C)C(C)/C=C/C=C\C=C/C/C=C\CCCCCC(=O)O. The molecular formula is C24H40O2. The number of aliphatic carboxylic acids is 1. The van der Waals surface area contributed by atoms with Crippen molar-refractivity contribution in [3.8, 4) is 0 Å². The summed E-state index contributed by atoms with van der Waals surface area (Å²) in [5.74, 6) is 0.708. The highest BCUT2D eigenvalue weighted by Gasteiger charge is 2.07. The average Bonchev–Trinajstić information content (AvgIpc) is 2.61. The van der Waals surface area contributed by atoms with Crippen molar-refractivity contribution in [1.82, 2.24) is 0 Å². The van der Waals surface area contributed by atoms with E-state index in [1.807, 2.05) is 0 Å². The van der Waals surface area contributed by atoms with Gasteiger partial charge in [0.1, 0.15) is 0 Å². The third-order valence-corrected chi connectivity index (χ3v) is 4.74. The fourth-order valence-electron chi connectivity index (χ4n) is 2.70. The fraction of sp³-hybridized carbons (Fsp3) is 0.625. The zero-order valence-electron chi connectivity index (χ0n) is 17.2. The first-order chi connectivity index (χ1) is 12.6. The van der Waals surface area contributed by atoms with Crippen LogP contribution in [0.2, 0.25) is 0 Å². The van der Waals surface area contributed by atoms with Gasteiger partial charge in [-0.3, -0.25) is 4.79 Å². The number of carbonyl (C=O) groups is 1. The Morgan fingerprint density at radius 2 is 1.65 bits per heavy atom. The molecule has 0 aromatic rings. The Balaban J connectivity index is 3.71. The maximum absolute atomic E-state index is 10.4. The summed E-state index contributed by atoms with van der Waals surface area (Å²) in [5.41, 5.74) is 0. The van der Waals surface area contributed by atoms with Crippen LogP contribution in [0, 0.1) is 11.8 Å². The number of unbranched alkanes of at least 4 members (excludes halogenated alkanes) is 5. The summed E-state index contributed by atoms with van der Waals surface area (Å²) in [4.78, 5) is 10.4. The number of hydrogen-bond donors (Lipinski definition) is 1. The van der Waals surface area contributed by atoms with Crippen molar-refractivity contribution >= 4 is 5.97 Å². The molecule has 0 spiro atoms. The summed E-state index contributed by atoms with van der Waals surface area (Å²) < 4.78 is 0. The van der Waals surface area contributed by atoms with Gasteiger partial charge in [-0.05, 0) is 37.5 Å². The minimum absolute atomic E-state index is 0.295. The zero-order valence-corrected chi connectivity index (χ0v) is 17.2. The van der Waals surface area contributed by atoms with Crippen LogP contribution in [-0.2, 0) is 4.79 Å². The van der Waals surface area contributed by atoms with E-state index in [4.69, 9.17) is 5.11 Å². The normalized spacial score (nSPS) is 14.9. The molecule has 0 radical (unpaired) electrons. The van der Waals surface area contributed by atoms with Crippen LogP contribution >= 0.6 is 0 Å². The van der Waals surface area contributed by atoms with E-state index < -0.39 is 5.97 Å². The van der Waals surface area contributed by atoms with E-state index in [0.29, 0.717) is 12.3 Å². The van der Waals surface area contributed by atoms with Gasteiger partial charge in [0.25, 0.3) is 0 Å². The molecule has 0 saturated carbocycles. The summed E-state index contributed by atoms with van der Waals surface area (Å²) >= 11 is 0. The molecule has 0 amide bonds. The Bertz CT molecular complexity index is 443. The van der Waals surface area contributed by atoms with E-state index in [1.54, 1.807) is 0 Å². The van der Waals surface area contributed by atoms with Crippen LogP contribution in [0.5, 0.6) is 0 Å². The average molecular weight is 361 g/mol. The lowest BCUT2D eigenvalue weighted by Crippen LogP contribution is -2.04. The number of carboxylic acid groups (broad SMARTS) is 1. The molecule has 0 aromatic carbocycles. The monoisotopic (exact) mass is 360 g/mol. The van der Waals surface area contributed by atoms with Gasteiger partial charge in [0.05, 0.1) is 0 Å². The van der Waals surface area contributed by atoms with Gasteiger partial charge >= 0.3 is 5.97 Å². The van der Waals surface area contributed by atoms with E-state index in [-0.39, 0.29) is 0 Å². The molecule has 2 nitrogen and oxygen atoms in total. The molecular weight excluding hydrogens is 320 g/mol. The van der Waals surface area contributed by atoms with Gasteiger partial charge in [-0.25, -0.2) is 0 Å². The fourth-order valence-corrected chi connectivity index (χ4v) is 2.70. The Labute approximate surface area is 161 Å². The topological polar surface area (TPSA) is 37.3 Å². The third kappa shape index (κ3) is 17.3. The lowest BCUT2D eigenvalue weighted by atomic mass is 9.90. The number of hydrogen-bond acceptors (Lipinski definition) is 1. The maximum Gasteiger partial charge on any atom is 0.303 e. The second kappa shape index (κ2) is 18.2. The first kappa shape index (κ1) is 24.4. The maximum atomic E-state index is 10.4. The highest BCUT2D eigenvalue weighted by atomic mass is 16.4. The molecule has 2 heteroatoms. The Kier molecular flexibility index (Phi) is 17.1. The molecule has 0 aliphatic heterocycles. The van der Waals surface area contributed by atoms with Crippen LogP contribution in [0.3, 0.4) is 0 Å². The van der Waals surface area contributed by atoms with E-state index in [9.17, 15) is 4.79 Å². The second-order valence-electron chi connectivity index (χ2n) is 7.23. The van der Waals surface area contributed by atoms with Crippen molar-refractivity contribution < 1.29 is 9.90 Å².